The molecule has 0 aliphatic carbocycles. The number of hydrogen-bond acceptors (Lipinski definition) is 6. The van der Waals surface area contributed by atoms with Crippen LogP contribution in [0, 0.1) is 11.3 Å². The van der Waals surface area contributed by atoms with Crippen molar-refractivity contribution in [3.63, 3.8) is 0 Å². The first kappa shape index (κ1) is 21.2. The van der Waals surface area contributed by atoms with Gasteiger partial charge < -0.3 is 19.4 Å². The maximum atomic E-state index is 12.7. The van der Waals surface area contributed by atoms with Crippen LogP contribution in [0.25, 0.3) is 0 Å². The molecule has 0 saturated carbocycles. The van der Waals surface area contributed by atoms with Crippen molar-refractivity contribution in [1.29, 1.82) is 0 Å². The lowest BCUT2D eigenvalue weighted by molar-refractivity contribution is 0.0617. The zero-order valence-electron chi connectivity index (χ0n) is 19.1. The summed E-state index contributed by atoms with van der Waals surface area (Å²) in [6, 6.07) is 6.23. The van der Waals surface area contributed by atoms with Crippen LogP contribution in [0.15, 0.2) is 18.2 Å². The summed E-state index contributed by atoms with van der Waals surface area (Å²) in [5.74, 6) is 3.58. The molecule has 1 N–H and O–H groups in total. The first-order valence-corrected chi connectivity index (χ1v) is 11.8. The summed E-state index contributed by atoms with van der Waals surface area (Å²) in [7, 11) is 0. The lowest BCUT2D eigenvalue weighted by Crippen LogP contribution is -2.44. The number of nitrogens with one attached hydrogen (secondary N) is 1. The zero-order chi connectivity index (χ0) is 22.1. The van der Waals surface area contributed by atoms with Crippen molar-refractivity contribution >= 4 is 5.91 Å². The van der Waals surface area contributed by atoms with E-state index in [1.165, 1.54) is 5.56 Å². The smallest absolute Gasteiger partial charge is 0.289 e. The van der Waals surface area contributed by atoms with E-state index < -0.39 is 0 Å². The molecule has 1 amide bonds. The number of benzene rings is 1. The summed E-state index contributed by atoms with van der Waals surface area (Å²) in [6.45, 7) is 9.20. The third-order valence-electron chi connectivity index (χ3n) is 7.17. The Hall–Kier alpha value is -2.61. The highest BCUT2D eigenvalue weighted by atomic mass is 16.7. The Balaban J connectivity index is 1.19. The second-order valence-corrected chi connectivity index (χ2v) is 9.93. The van der Waals surface area contributed by atoms with Crippen LogP contribution in [0.4, 0.5) is 0 Å². The molecular weight excluding hydrogens is 406 g/mol. The van der Waals surface area contributed by atoms with Gasteiger partial charge in [-0.05, 0) is 67.8 Å². The molecule has 1 aromatic carbocycles. The number of carbonyl (C=O) groups is 1. The van der Waals surface area contributed by atoms with Crippen LogP contribution < -0.4 is 14.8 Å². The minimum atomic E-state index is -0.0957. The summed E-state index contributed by atoms with van der Waals surface area (Å²) in [4.78, 5) is 15.2. The van der Waals surface area contributed by atoms with Crippen LogP contribution >= 0.6 is 0 Å². The highest BCUT2D eigenvalue weighted by Crippen LogP contribution is 2.41. The summed E-state index contributed by atoms with van der Waals surface area (Å²) >= 11 is 0. The summed E-state index contributed by atoms with van der Waals surface area (Å²) in [5.41, 5.74) is 1.49. The molecule has 1 aromatic heterocycles. The van der Waals surface area contributed by atoms with Gasteiger partial charge in [-0.25, -0.2) is 0 Å². The van der Waals surface area contributed by atoms with Gasteiger partial charge in [0.25, 0.3) is 5.91 Å². The Morgan fingerprint density at radius 1 is 1.16 bits per heavy atom. The van der Waals surface area contributed by atoms with Gasteiger partial charge in [0.2, 0.25) is 12.6 Å². The number of nitrogens with zero attached hydrogens (tertiary/aromatic N) is 4. The number of rotatable bonds is 6. The number of hydrogen-bond donors (Lipinski definition) is 1. The van der Waals surface area contributed by atoms with E-state index in [2.05, 4.69) is 51.0 Å². The topological polar surface area (TPSA) is 81.5 Å². The summed E-state index contributed by atoms with van der Waals surface area (Å²) in [5, 5.41) is 11.6. The predicted octanol–water partition coefficient (Wildman–Crippen LogP) is 3.01. The molecule has 1 fully saturated rings. The third kappa shape index (κ3) is 4.33. The Morgan fingerprint density at radius 2 is 1.97 bits per heavy atom. The molecule has 3 aliphatic rings. The van der Waals surface area contributed by atoms with Crippen molar-refractivity contribution in [3.8, 4) is 11.5 Å². The molecule has 5 rings (SSSR count). The number of carbonyl (C=O) groups excluding carboxylic acids is 1. The Labute approximate surface area is 189 Å². The normalized spacial score (nSPS) is 19.3. The number of amides is 1. The molecular formula is C24H33N5O3. The molecule has 0 bridgehead atoms. The second-order valence-electron chi connectivity index (χ2n) is 9.93. The molecule has 8 nitrogen and oxygen atoms in total. The number of aromatic nitrogens is 3. The van der Waals surface area contributed by atoms with E-state index in [4.69, 9.17) is 9.47 Å². The van der Waals surface area contributed by atoms with Gasteiger partial charge in [0.15, 0.2) is 11.5 Å². The maximum Gasteiger partial charge on any atom is 0.289 e. The quantitative estimate of drug-likeness (QED) is 0.745. The molecule has 0 radical (unpaired) electrons. The largest absolute Gasteiger partial charge is 0.454 e. The zero-order valence-corrected chi connectivity index (χ0v) is 19.1. The fraction of sp³-hybridized carbons (Fsp3) is 0.625. The standard InChI is InChI=1S/C24H33N5O3/c1-17(2)6-10-25-23(30)22-27-26-21-5-7-24(15-29(21)22)8-11-28(12-9-24)14-18-3-4-19-20(13-18)32-16-31-19/h3-4,13,17H,5-12,14-16H2,1-2H3,(H,25,30). The Kier molecular flexibility index (Phi) is 5.80. The van der Waals surface area contributed by atoms with E-state index in [1.54, 1.807) is 0 Å². The minimum Gasteiger partial charge on any atom is -0.454 e. The molecule has 2 aromatic rings. The van der Waals surface area contributed by atoms with Gasteiger partial charge in [-0.2, -0.15) is 0 Å². The van der Waals surface area contributed by atoms with E-state index in [0.29, 0.717) is 25.1 Å². The molecule has 3 aliphatic heterocycles. The van der Waals surface area contributed by atoms with E-state index in [-0.39, 0.29) is 11.3 Å². The molecule has 172 valence electrons. The van der Waals surface area contributed by atoms with Crippen LogP contribution in [0.2, 0.25) is 0 Å². The van der Waals surface area contributed by atoms with E-state index in [1.807, 2.05) is 6.07 Å². The van der Waals surface area contributed by atoms with E-state index in [0.717, 1.165) is 75.6 Å². The number of piperidine rings is 1. The summed E-state index contributed by atoms with van der Waals surface area (Å²) < 4.78 is 13.0. The molecule has 8 heteroatoms. The number of aryl methyl sites for hydroxylation is 1. The number of likely N-dealkylation sites (tertiary alicyclic amines) is 1. The van der Waals surface area contributed by atoms with Gasteiger partial charge in [0.1, 0.15) is 5.82 Å². The lowest BCUT2D eigenvalue weighted by atomic mass is 9.73. The van der Waals surface area contributed by atoms with Crippen LogP contribution in [0.5, 0.6) is 11.5 Å². The van der Waals surface area contributed by atoms with Gasteiger partial charge in [0.05, 0.1) is 0 Å². The van der Waals surface area contributed by atoms with Gasteiger partial charge >= 0.3 is 0 Å². The molecule has 1 saturated heterocycles. The average Bonchev–Trinajstić information content (AvgIpc) is 3.41. The van der Waals surface area contributed by atoms with Crippen LogP contribution in [0.3, 0.4) is 0 Å². The molecule has 1 spiro atoms. The molecule has 4 heterocycles. The first-order valence-electron chi connectivity index (χ1n) is 11.8. The third-order valence-corrected chi connectivity index (χ3v) is 7.17. The second kappa shape index (κ2) is 8.73. The monoisotopic (exact) mass is 439 g/mol. The van der Waals surface area contributed by atoms with Gasteiger partial charge in [-0.3, -0.25) is 9.69 Å². The number of ether oxygens (including phenoxy) is 2. The SMILES string of the molecule is CC(C)CCNC(=O)c1nnc2n1CC1(CC2)CCN(Cc2ccc3c(c2)OCO3)CC1. The van der Waals surface area contributed by atoms with Crippen molar-refractivity contribution in [2.24, 2.45) is 11.3 Å². The van der Waals surface area contributed by atoms with Crippen molar-refractivity contribution in [3.05, 3.63) is 35.4 Å². The van der Waals surface area contributed by atoms with Gasteiger partial charge in [0, 0.05) is 26.1 Å². The highest BCUT2D eigenvalue weighted by Gasteiger charge is 2.39. The van der Waals surface area contributed by atoms with Crippen molar-refractivity contribution in [2.75, 3.05) is 26.4 Å². The first-order chi connectivity index (χ1) is 15.5. The Bertz CT molecular complexity index is 978. The molecule has 0 unspecified atom stereocenters. The predicted molar refractivity (Wildman–Crippen MR) is 120 cm³/mol. The fourth-order valence-electron chi connectivity index (χ4n) is 5.09. The average molecular weight is 440 g/mol. The highest BCUT2D eigenvalue weighted by molar-refractivity contribution is 5.90. The van der Waals surface area contributed by atoms with Crippen molar-refractivity contribution in [1.82, 2.24) is 25.0 Å². The van der Waals surface area contributed by atoms with E-state index in [9.17, 15) is 4.79 Å². The molecule has 32 heavy (non-hydrogen) atoms. The lowest BCUT2D eigenvalue weighted by Gasteiger charge is -2.44. The van der Waals surface area contributed by atoms with Crippen LogP contribution in [-0.4, -0.2) is 52.0 Å². The van der Waals surface area contributed by atoms with Crippen molar-refractivity contribution < 1.29 is 14.3 Å². The maximum absolute atomic E-state index is 12.7. The fourth-order valence-corrected chi connectivity index (χ4v) is 5.09. The van der Waals surface area contributed by atoms with Crippen molar-refractivity contribution in [2.45, 2.75) is 59.0 Å². The number of fused-ring (bicyclic) bond motifs is 2. The summed E-state index contributed by atoms with van der Waals surface area (Å²) in [6.07, 6.45) is 5.25. The minimum absolute atomic E-state index is 0.0957. The Morgan fingerprint density at radius 3 is 2.78 bits per heavy atom. The van der Waals surface area contributed by atoms with Gasteiger partial charge in [-0.15, -0.1) is 10.2 Å². The van der Waals surface area contributed by atoms with E-state index >= 15 is 0 Å². The van der Waals surface area contributed by atoms with Gasteiger partial charge in [-0.1, -0.05) is 19.9 Å². The van der Waals surface area contributed by atoms with Crippen LogP contribution in [-0.2, 0) is 19.5 Å². The molecule has 0 atom stereocenters. The van der Waals surface area contributed by atoms with Crippen LogP contribution in [0.1, 0.15) is 61.5 Å².